The molecule has 0 atom stereocenters. The van der Waals surface area contributed by atoms with Gasteiger partial charge in [-0.1, -0.05) is 134 Å². The predicted octanol–water partition coefficient (Wildman–Crippen LogP) is 13.3. The molecule has 0 amide bonds. The van der Waals surface area contributed by atoms with Crippen LogP contribution in [0.2, 0.25) is 0 Å². The monoisotopic (exact) mass is 756 g/mol. The van der Waals surface area contributed by atoms with E-state index >= 15 is 0 Å². The van der Waals surface area contributed by atoms with Gasteiger partial charge in [0.1, 0.15) is 0 Å². The van der Waals surface area contributed by atoms with Crippen LogP contribution in [0.1, 0.15) is 69.4 Å². The van der Waals surface area contributed by atoms with Crippen LogP contribution in [0.5, 0.6) is 0 Å². The summed E-state index contributed by atoms with van der Waals surface area (Å²) in [6, 6.07) is 38.0. The number of rotatable bonds is 2. The van der Waals surface area contributed by atoms with Gasteiger partial charge in [-0.2, -0.15) is 11.6 Å². The molecule has 0 nitrogen and oxygen atoms in total. The van der Waals surface area contributed by atoms with E-state index in [1.54, 1.807) is 0 Å². The summed E-state index contributed by atoms with van der Waals surface area (Å²) in [5.41, 5.74) is 12.6. The Kier molecular flexibility index (Phi) is 17.6. The van der Waals surface area contributed by atoms with Gasteiger partial charge < -0.3 is 14.9 Å². The van der Waals surface area contributed by atoms with Crippen molar-refractivity contribution in [1.82, 2.24) is 0 Å². The Balaban J connectivity index is 0.000000792. The topological polar surface area (TPSA) is 0 Å². The Labute approximate surface area is 315 Å². The van der Waals surface area contributed by atoms with Crippen molar-refractivity contribution in [3.63, 3.8) is 0 Å². The molecule has 6 aromatic carbocycles. The van der Waals surface area contributed by atoms with Crippen molar-refractivity contribution < 1.29 is 23.3 Å². The molecular weight excluding hydrogens is 707 g/mol. The van der Waals surface area contributed by atoms with Gasteiger partial charge in [-0.15, -0.1) is 93.9 Å². The van der Waals surface area contributed by atoms with Gasteiger partial charge in [0.2, 0.25) is 0 Å². The van der Waals surface area contributed by atoms with E-state index in [1.165, 1.54) is 95.0 Å². The third kappa shape index (κ3) is 10.4. The molecule has 0 unspecified atom stereocenters. The molecule has 6 rings (SSSR count). The Morgan fingerprint density at radius 1 is 0.553 bits per heavy atom. The maximum absolute atomic E-state index is 3.06. The van der Waals surface area contributed by atoms with Gasteiger partial charge in [0, 0.05) is 0 Å². The molecular formula is C43H52Cl2SiZr-4. The van der Waals surface area contributed by atoms with Gasteiger partial charge in [0.15, 0.2) is 0 Å². The van der Waals surface area contributed by atoms with Crippen molar-refractivity contribution in [2.24, 2.45) is 0 Å². The molecule has 0 N–H and O–H groups in total. The van der Waals surface area contributed by atoms with Crippen LogP contribution in [0, 0.1) is 35.6 Å². The molecule has 0 saturated carbocycles. The Hall–Kier alpha value is -2.22. The zero-order chi connectivity index (χ0) is 31.5. The van der Waals surface area contributed by atoms with E-state index in [0.717, 1.165) is 0 Å². The summed E-state index contributed by atoms with van der Waals surface area (Å²) in [7, 11) is 0. The average molecular weight is 759 g/mol. The third-order valence-electron chi connectivity index (χ3n) is 8.45. The first-order chi connectivity index (χ1) is 20.3. The minimum atomic E-state index is 0. The summed E-state index contributed by atoms with van der Waals surface area (Å²) < 4.78 is 0. The molecule has 250 valence electrons. The van der Waals surface area contributed by atoms with E-state index in [9.17, 15) is 0 Å². The van der Waals surface area contributed by atoms with Crippen molar-refractivity contribution in [1.29, 1.82) is 0 Å². The first-order valence-corrected chi connectivity index (χ1v) is 19.3. The van der Waals surface area contributed by atoms with Gasteiger partial charge in [-0.25, -0.2) is 0 Å². The van der Waals surface area contributed by atoms with Crippen LogP contribution in [-0.4, -0.2) is 6.88 Å². The quantitative estimate of drug-likeness (QED) is 0.122. The maximum atomic E-state index is 3.06. The van der Waals surface area contributed by atoms with E-state index in [4.69, 9.17) is 0 Å². The van der Waals surface area contributed by atoms with Gasteiger partial charge in [-0.05, 0) is 33.1 Å². The Bertz CT molecular complexity index is 1830. The second-order valence-corrected chi connectivity index (χ2v) is 13.7. The molecule has 47 heavy (non-hydrogen) atoms. The SMILES string of the molecule is Cc1[cH-]c2cccc(-c3ccc(C(C)(C)C)cc3)c2c1C.Cc1cc2c(-c3ccc(C(C)(C)C)cc3)cccc2[cH-]1.Cl.Cl.[CH3-].[CH3-].[Si]=[Zr]. The summed E-state index contributed by atoms with van der Waals surface area (Å²) in [5.74, 6) is 0. The first-order valence-electron chi connectivity index (χ1n) is 15.1. The normalized spacial score (nSPS) is 10.6. The van der Waals surface area contributed by atoms with E-state index in [-0.39, 0.29) is 50.5 Å². The fourth-order valence-electron chi connectivity index (χ4n) is 5.82. The molecule has 2 radical (unpaired) electrons. The number of benzene rings is 4. The van der Waals surface area contributed by atoms with Gasteiger partial charge >= 0.3 is 30.2 Å². The molecule has 0 bridgehead atoms. The van der Waals surface area contributed by atoms with E-state index < -0.39 is 0 Å². The Morgan fingerprint density at radius 3 is 1.45 bits per heavy atom. The van der Waals surface area contributed by atoms with Crippen LogP contribution in [0.3, 0.4) is 0 Å². The molecule has 0 aliphatic carbocycles. The molecule has 0 saturated heterocycles. The number of halogens is 2. The Morgan fingerprint density at radius 2 is 0.979 bits per heavy atom. The van der Waals surface area contributed by atoms with E-state index in [2.05, 4.69) is 172 Å². The van der Waals surface area contributed by atoms with Gasteiger partial charge in [0.05, 0.1) is 0 Å². The fourth-order valence-corrected chi connectivity index (χ4v) is 5.82. The van der Waals surface area contributed by atoms with Gasteiger partial charge in [0.25, 0.3) is 0 Å². The summed E-state index contributed by atoms with van der Waals surface area (Å²) in [4.78, 5) is 0. The first kappa shape index (κ1) is 44.8. The average Bonchev–Trinajstić information content (AvgIpc) is 3.51. The number of hydrogen-bond acceptors (Lipinski definition) is 0. The van der Waals surface area contributed by atoms with Crippen LogP contribution in [-0.2, 0) is 34.2 Å². The van der Waals surface area contributed by atoms with Crippen molar-refractivity contribution in [3.05, 3.63) is 146 Å². The van der Waals surface area contributed by atoms with Crippen molar-refractivity contribution >= 4 is 53.2 Å². The third-order valence-corrected chi connectivity index (χ3v) is 8.45. The second kappa shape index (κ2) is 18.5. The molecule has 0 aliphatic rings. The molecule has 0 aromatic heterocycles. The summed E-state index contributed by atoms with van der Waals surface area (Å²) >= 11 is 1.36. The molecule has 0 fully saturated rings. The van der Waals surface area contributed by atoms with Gasteiger partial charge in [-0.3, -0.25) is 0 Å². The predicted molar refractivity (Wildman–Crippen MR) is 215 cm³/mol. The van der Waals surface area contributed by atoms with Crippen LogP contribution in [0.25, 0.3) is 43.8 Å². The minimum absolute atomic E-state index is 0. The van der Waals surface area contributed by atoms with Crippen molar-refractivity contribution in [2.45, 2.75) is 73.1 Å². The van der Waals surface area contributed by atoms with Crippen LogP contribution in [0.15, 0.2) is 103 Å². The number of hydrogen-bond donors (Lipinski definition) is 0. The zero-order valence-electron chi connectivity index (χ0n) is 30.1. The van der Waals surface area contributed by atoms with Crippen LogP contribution < -0.4 is 0 Å². The number of aryl methyl sites for hydroxylation is 3. The van der Waals surface area contributed by atoms with Crippen molar-refractivity contribution in [3.8, 4) is 22.3 Å². The summed E-state index contributed by atoms with van der Waals surface area (Å²) in [5, 5.41) is 5.44. The summed E-state index contributed by atoms with van der Waals surface area (Å²) in [6.07, 6.45) is 0. The zero-order valence-corrected chi connectivity index (χ0v) is 35.2. The fraction of sp³-hybridized carbons (Fsp3) is 0.256. The van der Waals surface area contributed by atoms with E-state index in [1.807, 2.05) is 0 Å². The second-order valence-electron chi connectivity index (χ2n) is 13.7. The molecule has 0 spiro atoms. The molecule has 6 aromatic rings. The molecule has 0 heterocycles. The van der Waals surface area contributed by atoms with E-state index in [0.29, 0.717) is 0 Å². The van der Waals surface area contributed by atoms with Crippen molar-refractivity contribution in [2.75, 3.05) is 0 Å². The summed E-state index contributed by atoms with van der Waals surface area (Å²) in [6.45, 7) is 23.2. The molecule has 4 heteroatoms. The van der Waals surface area contributed by atoms with Crippen LogP contribution >= 0.6 is 24.8 Å². The molecule has 0 aliphatic heterocycles. The standard InChI is InChI=1S/C21H23.C20H21.2CH3.2ClH.Si.Zr/c1-14-13-17-7-6-8-19(20(17)15(14)2)16-9-11-18(12-10-16)21(3,4)5;1-14-12-16-6-5-7-18(19(16)13-14)15-8-10-17(11-9-15)20(2,3)4;;;;;;/h6-13H,1-5H3;5-13H,1-4H3;2*1H3;2*1H;;/q4*-1;;;;. The number of fused-ring (bicyclic) bond motifs is 2. The van der Waals surface area contributed by atoms with Crippen LogP contribution in [0.4, 0.5) is 0 Å².